The van der Waals surface area contributed by atoms with Crippen molar-refractivity contribution in [2.75, 3.05) is 5.32 Å². The lowest BCUT2D eigenvalue weighted by molar-refractivity contribution is -0.136. The van der Waals surface area contributed by atoms with Crippen molar-refractivity contribution in [1.82, 2.24) is 10.2 Å². The number of carbonyl (C=O) groups excluding carboxylic acids is 3. The molecule has 2 atom stereocenters. The first-order valence-electron chi connectivity index (χ1n) is 13.3. The van der Waals surface area contributed by atoms with Crippen LogP contribution in [0, 0.1) is 33.2 Å². The molecule has 0 bridgehead atoms. The van der Waals surface area contributed by atoms with Crippen LogP contribution >= 0.6 is 0 Å². The Morgan fingerprint density at radius 2 is 1.61 bits per heavy atom. The molecule has 3 amide bonds. The van der Waals surface area contributed by atoms with Crippen molar-refractivity contribution in [1.29, 1.82) is 0 Å². The average molecular weight is 556 g/mol. The number of rotatable bonds is 8. The van der Waals surface area contributed by atoms with E-state index >= 15 is 0 Å². The van der Waals surface area contributed by atoms with Crippen LogP contribution < -0.4 is 10.6 Å². The number of ether oxygens (including phenoxy) is 1. The number of carbonyl (C=O) groups is 3. The monoisotopic (exact) mass is 555 g/mol. The van der Waals surface area contributed by atoms with Crippen LogP contribution in [0.2, 0.25) is 0 Å². The van der Waals surface area contributed by atoms with Crippen LogP contribution in [0.1, 0.15) is 54.6 Å². The number of phenols is 1. The number of alkyl carbamates (subject to hydrolysis) is 1. The van der Waals surface area contributed by atoms with Gasteiger partial charge in [0.15, 0.2) is 0 Å². The molecule has 0 aromatic heterocycles. The van der Waals surface area contributed by atoms with Crippen LogP contribution in [0.4, 0.5) is 10.5 Å². The maximum atomic E-state index is 14.1. The summed E-state index contributed by atoms with van der Waals surface area (Å²) < 4.78 is 5.41. The summed E-state index contributed by atoms with van der Waals surface area (Å²) in [6.07, 6.45) is 5.15. The van der Waals surface area contributed by atoms with E-state index in [0.29, 0.717) is 16.8 Å². The molecule has 3 N–H and O–H groups in total. The number of para-hydroxylation sites is 1. The molecule has 0 heterocycles. The smallest absolute Gasteiger partial charge is 0.408 e. The fourth-order valence-electron chi connectivity index (χ4n) is 4.22. The third kappa shape index (κ3) is 8.36. The third-order valence-corrected chi connectivity index (χ3v) is 6.50. The third-order valence-electron chi connectivity index (χ3n) is 6.50. The normalized spacial score (nSPS) is 12.4. The Kier molecular flexibility index (Phi) is 9.80. The first-order chi connectivity index (χ1) is 19.3. The number of nitrogens with zero attached hydrogens (tertiary/aromatic N) is 1. The Morgan fingerprint density at radius 3 is 2.20 bits per heavy atom. The van der Waals surface area contributed by atoms with Gasteiger partial charge in [-0.15, -0.1) is 0 Å². The molecule has 0 radical (unpaired) electrons. The first kappa shape index (κ1) is 30.8. The van der Waals surface area contributed by atoms with Gasteiger partial charge >= 0.3 is 6.09 Å². The van der Waals surface area contributed by atoms with Crippen molar-refractivity contribution >= 4 is 23.6 Å². The number of phenolic OH excluding ortho intramolecular Hbond substituents is 1. The topological polar surface area (TPSA) is 108 Å². The van der Waals surface area contributed by atoms with Crippen molar-refractivity contribution in [3.63, 3.8) is 0 Å². The second kappa shape index (κ2) is 13.1. The molecule has 0 aliphatic heterocycles. The van der Waals surface area contributed by atoms with Crippen LogP contribution in [0.5, 0.6) is 5.75 Å². The predicted octanol–water partition coefficient (Wildman–Crippen LogP) is 5.55. The van der Waals surface area contributed by atoms with Crippen LogP contribution in [0.3, 0.4) is 0 Å². The quantitative estimate of drug-likeness (QED) is 0.249. The number of amides is 3. The van der Waals surface area contributed by atoms with Gasteiger partial charge in [0.1, 0.15) is 23.4 Å². The summed E-state index contributed by atoms with van der Waals surface area (Å²) in [5.41, 5.74) is 3.73. The number of benzene rings is 3. The predicted molar refractivity (Wildman–Crippen MR) is 159 cm³/mol. The molecule has 0 fully saturated rings. The number of aromatic hydroxyl groups is 1. The van der Waals surface area contributed by atoms with E-state index in [1.165, 1.54) is 12.1 Å². The Balaban J connectivity index is 2.04. The zero-order valence-corrected chi connectivity index (χ0v) is 24.3. The molecule has 2 unspecified atom stereocenters. The van der Waals surface area contributed by atoms with E-state index < -0.39 is 35.6 Å². The summed E-state index contributed by atoms with van der Waals surface area (Å²) in [7, 11) is 0. The fourth-order valence-corrected chi connectivity index (χ4v) is 4.22. The molecule has 8 nitrogen and oxygen atoms in total. The van der Waals surface area contributed by atoms with Crippen LogP contribution in [0.25, 0.3) is 0 Å². The van der Waals surface area contributed by atoms with Crippen LogP contribution in [0.15, 0.2) is 66.7 Å². The molecule has 3 aromatic carbocycles. The molecule has 3 rings (SSSR count). The molecule has 0 spiro atoms. The minimum Gasteiger partial charge on any atom is -0.508 e. The fraction of sp³-hybridized carbons (Fsp3) is 0.303. The van der Waals surface area contributed by atoms with Gasteiger partial charge in [0, 0.05) is 18.2 Å². The van der Waals surface area contributed by atoms with E-state index in [1.807, 2.05) is 45.0 Å². The van der Waals surface area contributed by atoms with Crippen LogP contribution in [-0.4, -0.2) is 39.6 Å². The highest BCUT2D eigenvalue weighted by molar-refractivity contribution is 6.00. The zero-order chi connectivity index (χ0) is 30.3. The Bertz CT molecular complexity index is 1450. The van der Waals surface area contributed by atoms with E-state index in [2.05, 4.69) is 16.7 Å². The van der Waals surface area contributed by atoms with Gasteiger partial charge in [0.25, 0.3) is 11.8 Å². The highest BCUT2D eigenvalue weighted by atomic mass is 16.6. The zero-order valence-electron chi connectivity index (χ0n) is 24.3. The van der Waals surface area contributed by atoms with Gasteiger partial charge in [-0.2, -0.15) is 0 Å². The molecular formula is C33H37N3O5. The minimum atomic E-state index is -1.20. The highest BCUT2D eigenvalue weighted by Crippen LogP contribution is 2.27. The summed E-state index contributed by atoms with van der Waals surface area (Å²) in [5, 5.41) is 15.3. The van der Waals surface area contributed by atoms with Crippen molar-refractivity contribution in [2.24, 2.45) is 0 Å². The molecule has 41 heavy (non-hydrogen) atoms. The molecule has 0 aliphatic carbocycles. The van der Waals surface area contributed by atoms with Crippen LogP contribution in [-0.2, 0) is 20.7 Å². The average Bonchev–Trinajstić information content (AvgIpc) is 2.89. The molecule has 0 aliphatic rings. The van der Waals surface area contributed by atoms with E-state index in [4.69, 9.17) is 11.2 Å². The Labute approximate surface area is 241 Å². The number of nitrogens with one attached hydrogen (secondary N) is 2. The van der Waals surface area contributed by atoms with E-state index in [9.17, 15) is 19.5 Å². The van der Waals surface area contributed by atoms with Gasteiger partial charge in [-0.1, -0.05) is 55.0 Å². The van der Waals surface area contributed by atoms with Gasteiger partial charge in [-0.3, -0.25) is 14.5 Å². The summed E-state index contributed by atoms with van der Waals surface area (Å²) in [6.45, 7) is 10.9. The van der Waals surface area contributed by atoms with E-state index in [0.717, 1.165) is 21.6 Å². The Hall–Kier alpha value is -4.77. The lowest BCUT2D eigenvalue weighted by atomic mass is 9.97. The molecule has 0 saturated heterocycles. The number of anilines is 1. The lowest BCUT2D eigenvalue weighted by Gasteiger charge is -2.31. The van der Waals surface area contributed by atoms with Crippen molar-refractivity contribution in [2.45, 2.75) is 65.6 Å². The Morgan fingerprint density at radius 1 is 0.951 bits per heavy atom. The largest absolute Gasteiger partial charge is 0.508 e. The lowest BCUT2D eigenvalue weighted by Crippen LogP contribution is -2.51. The minimum absolute atomic E-state index is 0.0373. The number of terminal acetylenes is 1. The first-order valence-corrected chi connectivity index (χ1v) is 13.3. The molecule has 8 heteroatoms. The molecular weight excluding hydrogens is 518 g/mol. The van der Waals surface area contributed by atoms with Crippen molar-refractivity contribution < 1.29 is 24.2 Å². The molecule has 214 valence electrons. The summed E-state index contributed by atoms with van der Waals surface area (Å²) in [6, 6.07) is 19.0. The second-order valence-electron chi connectivity index (χ2n) is 11.0. The second-order valence-corrected chi connectivity index (χ2v) is 11.0. The van der Waals surface area contributed by atoms with E-state index in [-0.39, 0.29) is 12.2 Å². The van der Waals surface area contributed by atoms with E-state index in [1.54, 1.807) is 51.1 Å². The number of hydrogen-bond donors (Lipinski definition) is 3. The van der Waals surface area contributed by atoms with Crippen molar-refractivity contribution in [3.8, 4) is 18.2 Å². The highest BCUT2D eigenvalue weighted by Gasteiger charge is 2.36. The SMILES string of the molecule is C#CN(C(=O)C(Cc1ccc(O)cc1)NC(=O)OC(C)(C)C)C(C(=O)Nc1ccccc1C)c1ccc(C)c(C)c1. The number of hydrogen-bond acceptors (Lipinski definition) is 5. The summed E-state index contributed by atoms with van der Waals surface area (Å²) in [5.74, 6) is -1.12. The van der Waals surface area contributed by atoms with Gasteiger partial charge in [-0.25, -0.2) is 4.79 Å². The molecule has 3 aromatic rings. The maximum Gasteiger partial charge on any atom is 0.408 e. The summed E-state index contributed by atoms with van der Waals surface area (Å²) >= 11 is 0. The van der Waals surface area contributed by atoms with Gasteiger partial charge in [0.05, 0.1) is 0 Å². The van der Waals surface area contributed by atoms with Gasteiger partial charge in [-0.05, 0) is 87.6 Å². The maximum absolute atomic E-state index is 14.1. The van der Waals surface area contributed by atoms with Gasteiger partial charge < -0.3 is 20.5 Å². The number of aryl methyl sites for hydroxylation is 3. The standard InChI is InChI=1S/C33H37N3O5/c1-8-36(31(39)28(35-32(40)41-33(5,6)7)20-24-14-17-26(37)18-15-24)29(25-16-13-21(2)23(4)19-25)30(38)34-27-12-10-9-11-22(27)3/h1,9-19,28-29,37H,20H2,2-7H3,(H,34,38)(H,35,40). The molecule has 0 saturated carbocycles. The van der Waals surface area contributed by atoms with Gasteiger partial charge in [0.2, 0.25) is 0 Å². The van der Waals surface area contributed by atoms with Crippen molar-refractivity contribution in [3.05, 3.63) is 94.5 Å². The summed E-state index contributed by atoms with van der Waals surface area (Å²) in [4.78, 5) is 41.8.